The number of rotatable bonds is 9. The first kappa shape index (κ1) is 186. The Labute approximate surface area is 703 Å². The van der Waals surface area contributed by atoms with E-state index in [2.05, 4.69) is 273 Å². The number of hydrogen-bond donors (Lipinski definition) is 13. The molecule has 0 aromatic carbocycles. The quantitative estimate of drug-likeness (QED) is 0.0826. The van der Waals surface area contributed by atoms with Crippen LogP contribution in [0.25, 0.3) is 0 Å². The van der Waals surface area contributed by atoms with Crippen molar-refractivity contribution in [3.63, 3.8) is 0 Å². The van der Waals surface area contributed by atoms with Crippen molar-refractivity contribution in [2.45, 2.75) is 370 Å². The van der Waals surface area contributed by atoms with Gasteiger partial charge in [-0.3, -0.25) is 20.1 Å². The van der Waals surface area contributed by atoms with Gasteiger partial charge in [0.15, 0.2) is 0 Å². The van der Waals surface area contributed by atoms with E-state index in [0.29, 0.717) is 54.4 Å². The second-order valence-electron chi connectivity index (χ2n) is 20.2. The van der Waals surface area contributed by atoms with E-state index in [1.807, 2.05) is 178 Å². The summed E-state index contributed by atoms with van der Waals surface area (Å²) in [6, 6.07) is 9.40. The SMILES string of the molecule is C.C.C.C.C.C.C.C.C.CC.CC.CC.CC.CC.CC.CC.CC.CC.CC(C)N1C=CCN1.CC(C)N1C=CNC1.CC(C)N1C=CNN1.CC(C)N1CC=CC1.CC(C)N1CNCN1.CC(C)N1CNNC1.CC(C)N1CNNN1.CC(C)N1NC=CN1.CC(C)n1cccc1.[B].[B].[B].[B].[B].[B].[B].[B].[B]. The third-order valence-corrected chi connectivity index (χ3v) is 11.3. The average Bonchev–Trinajstić information content (AvgIpc) is 1.99. The molecule has 0 aliphatic carbocycles. The zero-order chi connectivity index (χ0) is 71.8. The summed E-state index contributed by atoms with van der Waals surface area (Å²) in [6.45, 7) is 83.8. The molecule has 0 saturated carbocycles. The van der Waals surface area contributed by atoms with Crippen LogP contribution in [0.3, 0.4) is 0 Å². The highest BCUT2D eigenvalue weighted by atomic mass is 15.9. The second-order valence-corrected chi connectivity index (χ2v) is 20.2. The number of hydrazine groups is 10. The molecule has 0 bridgehead atoms. The molecule has 643 valence electrons. The van der Waals surface area contributed by atoms with Gasteiger partial charge in [-0.05, 0) is 137 Å². The van der Waals surface area contributed by atoms with E-state index in [1.54, 1.807) is 0 Å². The Morgan fingerprint density at radius 2 is 0.713 bits per heavy atom. The lowest BCUT2D eigenvalue weighted by molar-refractivity contribution is 0.144. The van der Waals surface area contributed by atoms with E-state index in [0.717, 1.165) is 59.6 Å². The van der Waals surface area contributed by atoms with Crippen molar-refractivity contribution in [1.29, 1.82) is 0 Å². The maximum atomic E-state index is 3.18. The van der Waals surface area contributed by atoms with Crippen LogP contribution in [0.4, 0.5) is 0 Å². The van der Waals surface area contributed by atoms with Crippen molar-refractivity contribution in [1.82, 2.24) is 115 Å². The molecular formula is C77H198B9N22. The van der Waals surface area contributed by atoms with Crippen LogP contribution in [0.2, 0.25) is 0 Å². The molecule has 0 unspecified atom stereocenters. The zero-order valence-electron chi connectivity index (χ0n) is 71.4. The maximum Gasteiger partial charge on any atom is 0.0870 e. The first-order valence-corrected chi connectivity index (χ1v) is 35.4. The van der Waals surface area contributed by atoms with Crippen LogP contribution in [0, 0.1) is 0 Å². The Morgan fingerprint density at radius 3 is 0.880 bits per heavy atom. The van der Waals surface area contributed by atoms with E-state index in [9.17, 15) is 0 Å². The zero-order valence-corrected chi connectivity index (χ0v) is 71.4. The van der Waals surface area contributed by atoms with Crippen molar-refractivity contribution >= 4 is 75.7 Å². The van der Waals surface area contributed by atoms with Crippen molar-refractivity contribution in [3.05, 3.63) is 86.2 Å². The van der Waals surface area contributed by atoms with Gasteiger partial charge < -0.3 is 36.1 Å². The van der Waals surface area contributed by atoms with Gasteiger partial charge in [0, 0.05) is 206 Å². The summed E-state index contributed by atoms with van der Waals surface area (Å²) in [6.07, 6.45) is 24.4. The smallest absolute Gasteiger partial charge is 0.0870 e. The maximum absolute atomic E-state index is 3.18. The van der Waals surface area contributed by atoms with Gasteiger partial charge in [-0.2, -0.15) is 11.1 Å². The number of hydrogen-bond acceptors (Lipinski definition) is 21. The molecule has 31 heteroatoms. The van der Waals surface area contributed by atoms with Gasteiger partial charge in [-0.25, -0.2) is 37.1 Å². The van der Waals surface area contributed by atoms with Gasteiger partial charge in [0.05, 0.1) is 40.0 Å². The van der Waals surface area contributed by atoms with Gasteiger partial charge in [-0.15, -0.1) is 10.7 Å². The van der Waals surface area contributed by atoms with Gasteiger partial charge >= 0.3 is 0 Å². The van der Waals surface area contributed by atoms with Crippen molar-refractivity contribution < 1.29 is 0 Å². The highest BCUT2D eigenvalue weighted by Gasteiger charge is 2.14. The van der Waals surface area contributed by atoms with Crippen LogP contribution in [-0.4, -0.2) is 228 Å². The lowest BCUT2D eigenvalue weighted by Crippen LogP contribution is -2.43. The Hall–Kier alpha value is -3.40. The molecule has 1 aromatic rings. The van der Waals surface area contributed by atoms with E-state index in [-0.39, 0.29) is 143 Å². The highest BCUT2D eigenvalue weighted by Crippen LogP contribution is 2.04. The van der Waals surface area contributed by atoms with Gasteiger partial charge in [0.25, 0.3) is 0 Å². The fourth-order valence-corrected chi connectivity index (χ4v) is 6.27. The number of nitrogens with one attached hydrogen (secondary N) is 13. The van der Waals surface area contributed by atoms with Crippen molar-refractivity contribution in [2.24, 2.45) is 0 Å². The molecule has 0 amide bonds. The normalized spacial score (nSPS) is 13.3. The van der Waals surface area contributed by atoms with E-state index >= 15 is 0 Å². The Balaban J connectivity index is -0.0000000261. The van der Waals surface area contributed by atoms with Crippen LogP contribution in [0.15, 0.2) is 86.2 Å². The fraction of sp³-hybridized carbons (Fsp3) is 0.818. The molecule has 22 nitrogen and oxygen atoms in total. The molecule has 13 N–H and O–H groups in total. The average molecular weight is 1530 g/mol. The molecule has 8 aliphatic rings. The summed E-state index contributed by atoms with van der Waals surface area (Å²) in [4.78, 5) is 6.96. The third-order valence-electron chi connectivity index (χ3n) is 11.3. The highest BCUT2D eigenvalue weighted by molar-refractivity contribution is 5.76. The van der Waals surface area contributed by atoms with Crippen LogP contribution in [0.1, 0.15) is 322 Å². The van der Waals surface area contributed by atoms with Crippen LogP contribution < -0.4 is 70.6 Å². The molecule has 27 radical (unpaired) electrons. The minimum atomic E-state index is 0. The number of nitrogens with zero attached hydrogens (tertiary/aromatic N) is 9. The summed E-state index contributed by atoms with van der Waals surface area (Å²) in [5.74, 6) is 0. The predicted octanol–water partition coefficient (Wildman–Crippen LogP) is 15.3. The molecule has 8 aliphatic heterocycles. The van der Waals surface area contributed by atoms with Gasteiger partial charge in [0.1, 0.15) is 0 Å². The standard InChI is InChI=1S/C7H13N.C7H11N.2C6H12N2.2C5H13N3.2C5H11N3.C4H12N4.9C2H6.9CH4.9B/c2*1-7(2)8-5-3-4-6-8;1-6(2)8-4-3-7-5-8;1-6(2)8-5-3-4-7-8;1-5(2)8-3-6-7-4-8;1-5(2)8-4-6-3-7-8;1-5(2)8-4-3-6-7-8;1-5(2)8-6-3-4-7-8;1-4(2)8-3-5-6-7-8;9*1-2;;;;;;;;;;;;;;;;;;/h3-4,7H,5-6H2,1-2H3;3-7H,1-2H3;3-4,6-7H,5H2,1-2H3;3,5-7H,4H2,1-2H3;2*5-7H,3-4H2,1-2H3;2*3-7H,1-2H3;4-7H,3H2,1-2H3;9*1-2H3;9*1H4;;;;;;;;;. The van der Waals surface area contributed by atoms with Crippen molar-refractivity contribution in [3.8, 4) is 0 Å². The summed E-state index contributed by atoms with van der Waals surface area (Å²) in [7, 11) is 0. The molecular weight excluding hydrogens is 1330 g/mol. The Bertz CT molecular complexity index is 1430. The predicted molar refractivity (Wildman–Crippen MR) is 515 cm³/mol. The van der Waals surface area contributed by atoms with Crippen LogP contribution >= 0.6 is 0 Å². The van der Waals surface area contributed by atoms with Crippen molar-refractivity contribution in [2.75, 3.05) is 59.6 Å². The first-order chi connectivity index (χ1) is 43.2. The molecule has 3 saturated heterocycles. The molecule has 3 fully saturated rings. The molecule has 9 rings (SSSR count). The van der Waals surface area contributed by atoms with Crippen LogP contribution in [-0.2, 0) is 0 Å². The molecule has 1 aromatic heterocycles. The van der Waals surface area contributed by atoms with E-state index in [4.69, 9.17) is 0 Å². The second kappa shape index (κ2) is 145. The van der Waals surface area contributed by atoms with Gasteiger partial charge in [-0.1, -0.05) is 210 Å². The largest absolute Gasteiger partial charge is 0.373 e. The minimum Gasteiger partial charge on any atom is -0.373 e. The summed E-state index contributed by atoms with van der Waals surface area (Å²) in [5, 5.41) is 16.5. The topological polar surface area (TPSA) is 187 Å². The fourth-order valence-electron chi connectivity index (χ4n) is 6.27. The Kier molecular flexibility index (Phi) is 251. The lowest BCUT2D eigenvalue weighted by atomic mass is 10.3. The third kappa shape index (κ3) is 116. The first-order valence-electron chi connectivity index (χ1n) is 35.4. The molecule has 108 heavy (non-hydrogen) atoms. The minimum absolute atomic E-state index is 0. The summed E-state index contributed by atoms with van der Waals surface area (Å²) < 4.78 is 2.17. The summed E-state index contributed by atoms with van der Waals surface area (Å²) >= 11 is 0. The van der Waals surface area contributed by atoms with Crippen LogP contribution in [0.5, 0.6) is 0 Å². The lowest BCUT2D eigenvalue weighted by Gasteiger charge is -2.19. The molecule has 0 spiro atoms. The Morgan fingerprint density at radius 1 is 0.315 bits per heavy atom. The van der Waals surface area contributed by atoms with E-state index < -0.39 is 0 Å². The monoisotopic (exact) mass is 1530 g/mol. The number of aromatic nitrogens is 1. The molecule has 9 heterocycles. The van der Waals surface area contributed by atoms with E-state index in [1.165, 1.54) is 0 Å². The molecule has 0 atom stereocenters. The summed E-state index contributed by atoms with van der Waals surface area (Å²) in [5.41, 5.74) is 32.8. The van der Waals surface area contributed by atoms with Gasteiger partial charge in [0.2, 0.25) is 0 Å².